The fraction of sp³-hybridized carbons (Fsp3) is 0.407. The molecule has 2 N–H and O–H groups in total. The van der Waals surface area contributed by atoms with E-state index in [4.69, 9.17) is 4.74 Å². The van der Waals surface area contributed by atoms with Gasteiger partial charge >= 0.3 is 0 Å². The molecule has 6 nitrogen and oxygen atoms in total. The number of para-hydroxylation sites is 1. The minimum absolute atomic E-state index is 0.0496. The molecule has 3 aromatic rings. The van der Waals surface area contributed by atoms with E-state index >= 15 is 0 Å². The van der Waals surface area contributed by atoms with E-state index in [1.165, 1.54) is 0 Å². The largest absolute Gasteiger partial charge is 0.507 e. The summed E-state index contributed by atoms with van der Waals surface area (Å²) in [7, 11) is 0. The van der Waals surface area contributed by atoms with E-state index in [1.807, 2.05) is 41.3 Å². The first-order chi connectivity index (χ1) is 16.0. The zero-order valence-electron chi connectivity index (χ0n) is 19.7. The highest BCUT2D eigenvalue weighted by Crippen LogP contribution is 2.45. The van der Waals surface area contributed by atoms with Gasteiger partial charge in [-0.1, -0.05) is 57.9 Å². The third-order valence-corrected chi connectivity index (χ3v) is 6.16. The van der Waals surface area contributed by atoms with Crippen molar-refractivity contribution in [1.29, 1.82) is 0 Å². The molecule has 1 aromatic heterocycles. The maximum absolute atomic E-state index is 13.4. The molecule has 2 aromatic carbocycles. The van der Waals surface area contributed by atoms with E-state index in [9.17, 15) is 9.90 Å². The van der Waals surface area contributed by atoms with Crippen molar-refractivity contribution < 1.29 is 14.6 Å². The van der Waals surface area contributed by atoms with Crippen LogP contribution in [0.15, 0.2) is 48.5 Å². The number of hydrogen-bond donors (Lipinski definition) is 2. The van der Waals surface area contributed by atoms with Crippen LogP contribution in [0.25, 0.3) is 11.3 Å². The van der Waals surface area contributed by atoms with Crippen molar-refractivity contribution >= 4 is 5.91 Å². The lowest BCUT2D eigenvalue weighted by atomic mass is 9.95. The number of unbranched alkanes of at least 4 members (excludes halogenated alkanes) is 2. The molecule has 0 spiro atoms. The highest BCUT2D eigenvalue weighted by molar-refractivity contribution is 6.00. The Morgan fingerprint density at radius 2 is 1.97 bits per heavy atom. The molecule has 0 fully saturated rings. The standard InChI is InChI=1S/C27H33N3O3/c1-4-5-8-15-30-26(19-10-9-11-20(17-19)33-16-14-18(2)3)23-24(28-29-25(23)27(30)32)21-12-6-7-13-22(21)31/h6-7,9-13,17-18,26,31H,4-5,8,14-16H2,1-3H3,(H,28,29). The van der Waals surface area contributed by atoms with Crippen molar-refractivity contribution in [3.05, 3.63) is 65.4 Å². The summed E-state index contributed by atoms with van der Waals surface area (Å²) in [5.74, 6) is 1.47. The number of carbonyl (C=O) groups excluding carboxylic acids is 1. The van der Waals surface area contributed by atoms with Crippen LogP contribution in [0.2, 0.25) is 0 Å². The molecule has 1 atom stereocenters. The Hall–Kier alpha value is -3.28. The van der Waals surface area contributed by atoms with Crippen LogP contribution >= 0.6 is 0 Å². The fourth-order valence-corrected chi connectivity index (χ4v) is 4.37. The lowest BCUT2D eigenvalue weighted by molar-refractivity contribution is 0.0740. The fourth-order valence-electron chi connectivity index (χ4n) is 4.37. The Kier molecular flexibility index (Phi) is 7.02. The number of benzene rings is 2. The number of H-pyrrole nitrogens is 1. The second-order valence-electron chi connectivity index (χ2n) is 9.09. The normalized spacial score (nSPS) is 15.3. The first-order valence-electron chi connectivity index (χ1n) is 11.9. The number of aromatic hydroxyl groups is 1. The lowest BCUT2D eigenvalue weighted by Crippen LogP contribution is -2.30. The van der Waals surface area contributed by atoms with Gasteiger partial charge in [-0.25, -0.2) is 0 Å². The number of nitrogens with one attached hydrogen (secondary N) is 1. The summed E-state index contributed by atoms with van der Waals surface area (Å²) in [6.45, 7) is 7.84. The summed E-state index contributed by atoms with van der Waals surface area (Å²) in [5, 5.41) is 17.9. The van der Waals surface area contributed by atoms with Gasteiger partial charge in [0.25, 0.3) is 5.91 Å². The maximum Gasteiger partial charge on any atom is 0.273 e. The van der Waals surface area contributed by atoms with Gasteiger partial charge in [-0.15, -0.1) is 0 Å². The third-order valence-electron chi connectivity index (χ3n) is 6.16. The zero-order valence-corrected chi connectivity index (χ0v) is 19.7. The summed E-state index contributed by atoms with van der Waals surface area (Å²) >= 11 is 0. The van der Waals surface area contributed by atoms with Crippen molar-refractivity contribution in [3.63, 3.8) is 0 Å². The van der Waals surface area contributed by atoms with Crippen LogP contribution in [0.1, 0.15) is 74.1 Å². The number of fused-ring (bicyclic) bond motifs is 1. The number of nitrogens with zero attached hydrogens (tertiary/aromatic N) is 2. The molecule has 1 unspecified atom stereocenters. The first kappa shape index (κ1) is 22.9. The van der Waals surface area contributed by atoms with E-state index in [0.717, 1.165) is 42.6 Å². The predicted octanol–water partition coefficient (Wildman–Crippen LogP) is 5.94. The topological polar surface area (TPSA) is 78.5 Å². The van der Waals surface area contributed by atoms with Gasteiger partial charge in [0.05, 0.1) is 12.6 Å². The molecule has 1 aliphatic rings. The van der Waals surface area contributed by atoms with Gasteiger partial charge in [-0.05, 0) is 48.6 Å². The van der Waals surface area contributed by atoms with Gasteiger partial charge in [0.1, 0.15) is 22.9 Å². The molecule has 33 heavy (non-hydrogen) atoms. The average Bonchev–Trinajstić information content (AvgIpc) is 3.33. The van der Waals surface area contributed by atoms with Crippen molar-refractivity contribution in [3.8, 4) is 22.8 Å². The first-order valence-corrected chi connectivity index (χ1v) is 11.9. The average molecular weight is 448 g/mol. The lowest BCUT2D eigenvalue weighted by Gasteiger charge is -2.27. The van der Waals surface area contributed by atoms with Crippen LogP contribution in [0.5, 0.6) is 11.5 Å². The molecule has 174 valence electrons. The molecule has 4 rings (SSSR count). The minimum atomic E-state index is -0.286. The molecule has 1 aliphatic heterocycles. The molecule has 0 radical (unpaired) electrons. The summed E-state index contributed by atoms with van der Waals surface area (Å²) in [5.41, 5.74) is 3.54. The van der Waals surface area contributed by atoms with Crippen molar-refractivity contribution in [1.82, 2.24) is 15.1 Å². The van der Waals surface area contributed by atoms with E-state index < -0.39 is 0 Å². The number of phenolic OH excluding ortho intramolecular Hbond substituents is 1. The molecular formula is C27H33N3O3. The predicted molar refractivity (Wildman–Crippen MR) is 129 cm³/mol. The smallest absolute Gasteiger partial charge is 0.273 e. The van der Waals surface area contributed by atoms with Crippen molar-refractivity contribution in [2.75, 3.05) is 13.2 Å². The number of phenols is 1. The number of rotatable bonds is 10. The van der Waals surface area contributed by atoms with Crippen LogP contribution in [0.3, 0.4) is 0 Å². The second-order valence-corrected chi connectivity index (χ2v) is 9.09. The Labute approximate surface area is 195 Å². The van der Waals surface area contributed by atoms with Crippen LogP contribution in [0.4, 0.5) is 0 Å². The van der Waals surface area contributed by atoms with E-state index in [-0.39, 0.29) is 17.7 Å². The molecule has 0 aliphatic carbocycles. The van der Waals surface area contributed by atoms with Crippen LogP contribution < -0.4 is 4.74 Å². The Morgan fingerprint density at radius 1 is 1.15 bits per heavy atom. The van der Waals surface area contributed by atoms with Gasteiger partial charge in [0.15, 0.2) is 0 Å². The number of carbonyl (C=O) groups is 1. The monoisotopic (exact) mass is 447 g/mol. The molecule has 1 amide bonds. The van der Waals surface area contributed by atoms with Crippen molar-refractivity contribution in [2.45, 2.75) is 52.5 Å². The quantitative estimate of drug-likeness (QED) is 0.377. The highest BCUT2D eigenvalue weighted by Gasteiger charge is 2.42. The van der Waals surface area contributed by atoms with Crippen molar-refractivity contribution in [2.24, 2.45) is 5.92 Å². The Balaban J connectivity index is 1.74. The van der Waals surface area contributed by atoms with Gasteiger partial charge in [0.2, 0.25) is 0 Å². The summed E-state index contributed by atoms with van der Waals surface area (Å²) in [6, 6.07) is 14.8. The van der Waals surface area contributed by atoms with E-state index in [2.05, 4.69) is 31.0 Å². The van der Waals surface area contributed by atoms with Gasteiger partial charge < -0.3 is 14.7 Å². The molecule has 0 bridgehead atoms. The summed E-state index contributed by atoms with van der Waals surface area (Å²) in [4.78, 5) is 15.3. The minimum Gasteiger partial charge on any atom is -0.507 e. The molecular weight excluding hydrogens is 414 g/mol. The zero-order chi connectivity index (χ0) is 23.4. The molecule has 0 saturated carbocycles. The highest BCUT2D eigenvalue weighted by atomic mass is 16.5. The maximum atomic E-state index is 13.4. The van der Waals surface area contributed by atoms with Gasteiger partial charge in [-0.3, -0.25) is 9.89 Å². The Bertz CT molecular complexity index is 1110. The van der Waals surface area contributed by atoms with E-state index in [1.54, 1.807) is 12.1 Å². The van der Waals surface area contributed by atoms with Gasteiger partial charge in [-0.2, -0.15) is 5.10 Å². The summed E-state index contributed by atoms with van der Waals surface area (Å²) in [6.07, 6.45) is 4.07. The number of aromatic nitrogens is 2. The van der Waals surface area contributed by atoms with Crippen LogP contribution in [0, 0.1) is 5.92 Å². The van der Waals surface area contributed by atoms with Crippen LogP contribution in [-0.4, -0.2) is 39.3 Å². The van der Waals surface area contributed by atoms with Crippen LogP contribution in [-0.2, 0) is 0 Å². The van der Waals surface area contributed by atoms with E-state index in [0.29, 0.717) is 36.0 Å². The number of hydrogen-bond acceptors (Lipinski definition) is 4. The second kappa shape index (κ2) is 10.1. The SMILES string of the molecule is CCCCCN1C(=O)c2[nH]nc(-c3ccccc3O)c2C1c1cccc(OCCC(C)C)c1. The molecule has 2 heterocycles. The number of ether oxygens (including phenoxy) is 1. The Morgan fingerprint density at radius 3 is 2.73 bits per heavy atom. The van der Waals surface area contributed by atoms with Gasteiger partial charge in [0, 0.05) is 17.7 Å². The number of aromatic amines is 1. The molecule has 6 heteroatoms. The summed E-state index contributed by atoms with van der Waals surface area (Å²) < 4.78 is 6.01. The molecule has 0 saturated heterocycles. The number of amides is 1. The third kappa shape index (κ3) is 4.75.